The number of carbonyl (C=O) groups excluding carboxylic acids is 1. The minimum atomic E-state index is -0.355. The molecule has 1 amide bonds. The van der Waals surface area contributed by atoms with E-state index < -0.39 is 0 Å². The predicted octanol–water partition coefficient (Wildman–Crippen LogP) is 1.89. The van der Waals surface area contributed by atoms with Crippen LogP contribution in [0.15, 0.2) is 36.7 Å². The fraction of sp³-hybridized carbons (Fsp3) is 0.312. The molecule has 1 atom stereocenters. The maximum atomic E-state index is 13.4. The Hall–Kier alpha value is -3.10. The van der Waals surface area contributed by atoms with E-state index in [1.807, 2.05) is 6.92 Å². The van der Waals surface area contributed by atoms with Gasteiger partial charge in [-0.2, -0.15) is 10.3 Å². The zero-order chi connectivity index (χ0) is 17.4. The van der Waals surface area contributed by atoms with E-state index in [0.717, 1.165) is 12.8 Å². The van der Waals surface area contributed by atoms with E-state index in [4.69, 9.17) is 0 Å². The SMILES string of the molecule is CC(c1nn[nH]n1)N(C(=O)c1cnn(-c2cccc(F)c2)c1)C1CC1. The van der Waals surface area contributed by atoms with Crippen LogP contribution in [-0.4, -0.2) is 47.3 Å². The first-order valence-corrected chi connectivity index (χ1v) is 8.00. The number of rotatable bonds is 5. The van der Waals surface area contributed by atoms with Crippen LogP contribution in [0.3, 0.4) is 0 Å². The highest BCUT2D eigenvalue weighted by atomic mass is 19.1. The van der Waals surface area contributed by atoms with Gasteiger partial charge < -0.3 is 4.90 Å². The number of H-pyrrole nitrogens is 1. The van der Waals surface area contributed by atoms with Crippen LogP contribution in [-0.2, 0) is 0 Å². The average molecular weight is 341 g/mol. The number of aromatic nitrogens is 6. The first-order chi connectivity index (χ1) is 12.1. The molecule has 128 valence electrons. The fourth-order valence-electron chi connectivity index (χ4n) is 2.82. The molecule has 0 radical (unpaired) electrons. The van der Waals surface area contributed by atoms with Gasteiger partial charge in [0.25, 0.3) is 5.91 Å². The van der Waals surface area contributed by atoms with Crippen LogP contribution in [0.25, 0.3) is 5.69 Å². The van der Waals surface area contributed by atoms with Gasteiger partial charge in [0.15, 0.2) is 5.82 Å². The third kappa shape index (κ3) is 3.00. The molecule has 1 saturated carbocycles. The lowest BCUT2D eigenvalue weighted by molar-refractivity contribution is 0.0666. The number of hydrogen-bond acceptors (Lipinski definition) is 5. The smallest absolute Gasteiger partial charge is 0.257 e. The number of nitrogens with one attached hydrogen (secondary N) is 1. The molecule has 1 aromatic carbocycles. The van der Waals surface area contributed by atoms with Gasteiger partial charge >= 0.3 is 0 Å². The molecule has 1 aliphatic rings. The Morgan fingerprint density at radius 3 is 2.96 bits per heavy atom. The maximum absolute atomic E-state index is 13.4. The molecule has 2 aromatic heterocycles. The maximum Gasteiger partial charge on any atom is 0.257 e. The molecule has 1 fully saturated rings. The summed E-state index contributed by atoms with van der Waals surface area (Å²) in [4.78, 5) is 14.7. The third-order valence-corrected chi connectivity index (χ3v) is 4.23. The normalized spacial score (nSPS) is 15.1. The van der Waals surface area contributed by atoms with Gasteiger partial charge in [0.05, 0.1) is 23.5 Å². The van der Waals surface area contributed by atoms with Crippen LogP contribution in [0.1, 0.15) is 42.0 Å². The monoisotopic (exact) mass is 341 g/mol. The molecule has 1 N–H and O–H groups in total. The molecule has 0 aliphatic heterocycles. The van der Waals surface area contributed by atoms with Crippen LogP contribution < -0.4 is 0 Å². The van der Waals surface area contributed by atoms with E-state index in [2.05, 4.69) is 25.7 Å². The second-order valence-electron chi connectivity index (χ2n) is 6.04. The third-order valence-electron chi connectivity index (χ3n) is 4.23. The highest BCUT2D eigenvalue weighted by Crippen LogP contribution is 2.34. The van der Waals surface area contributed by atoms with Crippen LogP contribution in [0.4, 0.5) is 4.39 Å². The van der Waals surface area contributed by atoms with Gasteiger partial charge in [-0.15, -0.1) is 10.2 Å². The number of amides is 1. The van der Waals surface area contributed by atoms with E-state index in [9.17, 15) is 9.18 Å². The van der Waals surface area contributed by atoms with Gasteiger partial charge in [-0.05, 0) is 38.0 Å². The van der Waals surface area contributed by atoms with Gasteiger partial charge in [0.2, 0.25) is 0 Å². The van der Waals surface area contributed by atoms with Crippen molar-refractivity contribution in [2.75, 3.05) is 0 Å². The lowest BCUT2D eigenvalue weighted by atomic mass is 10.2. The Balaban J connectivity index is 1.61. The predicted molar refractivity (Wildman–Crippen MR) is 85.3 cm³/mol. The molecular weight excluding hydrogens is 325 g/mol. The summed E-state index contributed by atoms with van der Waals surface area (Å²) in [5, 5.41) is 18.1. The number of benzene rings is 1. The summed E-state index contributed by atoms with van der Waals surface area (Å²) in [5.74, 6) is -0.0357. The standard InChI is InChI=1S/C16H16FN7O/c1-10(15-19-21-22-20-15)24(13-5-6-13)16(25)11-8-18-23(9-11)14-4-2-3-12(17)7-14/h2-4,7-10,13H,5-6H2,1H3,(H,19,20,21,22). The van der Waals surface area contributed by atoms with E-state index in [1.165, 1.54) is 23.0 Å². The minimum Gasteiger partial charge on any atom is -0.325 e. The topological polar surface area (TPSA) is 92.6 Å². The molecule has 3 aromatic rings. The largest absolute Gasteiger partial charge is 0.325 e. The molecule has 2 heterocycles. The Morgan fingerprint density at radius 1 is 1.44 bits per heavy atom. The lowest BCUT2D eigenvalue weighted by Gasteiger charge is -2.26. The summed E-state index contributed by atoms with van der Waals surface area (Å²) in [6.07, 6.45) is 5.00. The Bertz CT molecular complexity index is 888. The van der Waals surface area contributed by atoms with E-state index >= 15 is 0 Å². The van der Waals surface area contributed by atoms with Crippen molar-refractivity contribution in [1.29, 1.82) is 0 Å². The van der Waals surface area contributed by atoms with Crippen molar-refractivity contribution in [3.05, 3.63) is 53.9 Å². The lowest BCUT2D eigenvalue weighted by Crippen LogP contribution is -2.36. The summed E-state index contributed by atoms with van der Waals surface area (Å²) < 4.78 is 14.9. The zero-order valence-corrected chi connectivity index (χ0v) is 13.5. The molecular formula is C16H16FN7O. The molecule has 9 heteroatoms. The van der Waals surface area contributed by atoms with Crippen molar-refractivity contribution >= 4 is 5.91 Å². The molecule has 4 rings (SSSR count). The number of halogens is 1. The van der Waals surface area contributed by atoms with Crippen molar-refractivity contribution in [2.24, 2.45) is 0 Å². The van der Waals surface area contributed by atoms with Crippen LogP contribution in [0, 0.1) is 5.82 Å². The molecule has 0 bridgehead atoms. The summed E-state index contributed by atoms with van der Waals surface area (Å²) >= 11 is 0. The van der Waals surface area contributed by atoms with Crippen LogP contribution in [0.2, 0.25) is 0 Å². The summed E-state index contributed by atoms with van der Waals surface area (Å²) in [6.45, 7) is 1.87. The van der Waals surface area contributed by atoms with Gasteiger partial charge in [-0.3, -0.25) is 4.79 Å². The molecule has 8 nitrogen and oxygen atoms in total. The van der Waals surface area contributed by atoms with Gasteiger partial charge in [0.1, 0.15) is 5.82 Å². The summed E-state index contributed by atoms with van der Waals surface area (Å²) in [7, 11) is 0. The first-order valence-electron chi connectivity index (χ1n) is 8.00. The molecule has 0 saturated heterocycles. The van der Waals surface area contributed by atoms with Crippen molar-refractivity contribution in [2.45, 2.75) is 31.8 Å². The minimum absolute atomic E-state index is 0.151. The second kappa shape index (κ2) is 6.08. The number of nitrogens with zero attached hydrogens (tertiary/aromatic N) is 6. The van der Waals surface area contributed by atoms with Crippen LogP contribution >= 0.6 is 0 Å². The Kier molecular flexibility index (Phi) is 3.75. The van der Waals surface area contributed by atoms with Gasteiger partial charge in [-0.1, -0.05) is 11.3 Å². The van der Waals surface area contributed by atoms with Crippen molar-refractivity contribution in [3.8, 4) is 5.69 Å². The summed E-state index contributed by atoms with van der Waals surface area (Å²) in [5.41, 5.74) is 0.995. The average Bonchev–Trinajstić information content (AvgIpc) is 3.12. The first kappa shape index (κ1) is 15.4. The fourth-order valence-corrected chi connectivity index (χ4v) is 2.82. The van der Waals surface area contributed by atoms with Crippen LogP contribution in [0.5, 0.6) is 0 Å². The quantitative estimate of drug-likeness (QED) is 0.765. The highest BCUT2D eigenvalue weighted by Gasteiger charge is 2.38. The number of aromatic amines is 1. The molecule has 1 unspecified atom stereocenters. The van der Waals surface area contributed by atoms with Crippen molar-refractivity contribution < 1.29 is 9.18 Å². The second-order valence-corrected chi connectivity index (χ2v) is 6.04. The van der Waals surface area contributed by atoms with Gasteiger partial charge in [-0.25, -0.2) is 9.07 Å². The molecule has 0 spiro atoms. The number of hydrogen-bond donors (Lipinski definition) is 1. The Morgan fingerprint density at radius 2 is 2.28 bits per heavy atom. The molecule has 1 aliphatic carbocycles. The van der Waals surface area contributed by atoms with Crippen molar-refractivity contribution in [1.82, 2.24) is 35.3 Å². The molecule has 25 heavy (non-hydrogen) atoms. The number of carbonyl (C=O) groups is 1. The van der Waals surface area contributed by atoms with E-state index in [0.29, 0.717) is 17.1 Å². The van der Waals surface area contributed by atoms with E-state index in [1.54, 1.807) is 23.2 Å². The van der Waals surface area contributed by atoms with E-state index in [-0.39, 0.29) is 23.8 Å². The van der Waals surface area contributed by atoms with Crippen molar-refractivity contribution in [3.63, 3.8) is 0 Å². The van der Waals surface area contributed by atoms with Gasteiger partial charge in [0, 0.05) is 12.2 Å². The zero-order valence-electron chi connectivity index (χ0n) is 13.5. The Labute approximate surface area is 142 Å². The number of tetrazole rings is 1. The highest BCUT2D eigenvalue weighted by molar-refractivity contribution is 5.94. The summed E-state index contributed by atoms with van der Waals surface area (Å²) in [6, 6.07) is 5.92.